The first-order valence-corrected chi connectivity index (χ1v) is 8.39. The van der Waals surface area contributed by atoms with E-state index < -0.39 is 0 Å². The van der Waals surface area contributed by atoms with Crippen LogP contribution < -0.4 is 5.32 Å². The van der Waals surface area contributed by atoms with E-state index in [9.17, 15) is 9.59 Å². The van der Waals surface area contributed by atoms with Crippen molar-refractivity contribution in [2.75, 3.05) is 5.32 Å². The number of benzene rings is 1. The van der Waals surface area contributed by atoms with Gasteiger partial charge in [-0.25, -0.2) is 0 Å². The van der Waals surface area contributed by atoms with Gasteiger partial charge in [-0.3, -0.25) is 9.59 Å². The first kappa shape index (κ1) is 17.9. The lowest BCUT2D eigenvalue weighted by molar-refractivity contribution is -0.115. The fraction of sp³-hybridized carbons (Fsp3) is 0.294. The third kappa shape index (κ3) is 4.32. The monoisotopic (exact) mass is 344 g/mol. The summed E-state index contributed by atoms with van der Waals surface area (Å²) in [5.74, 6) is 0.576. The largest absolute Gasteiger partial charge is 0.325 e. The molecular weight excluding hydrogens is 324 g/mol. The van der Waals surface area contributed by atoms with Crippen LogP contribution in [0, 0.1) is 6.92 Å². The maximum absolute atomic E-state index is 12.4. The number of carbonyl (C=O) groups excluding carboxylic acids is 2. The highest BCUT2D eigenvalue weighted by molar-refractivity contribution is 8.00. The van der Waals surface area contributed by atoms with Gasteiger partial charge in [-0.1, -0.05) is 30.0 Å². The van der Waals surface area contributed by atoms with Crippen molar-refractivity contribution < 1.29 is 9.59 Å². The standard InChI is InChI=1S/C17H20N4O2S/c1-5-9-21-13(4)19-20-17(21)24-12(3)16(23)18-15-8-6-7-14(10-15)11(2)22/h5-8,10,12H,1,9H2,2-4H3,(H,18,23). The smallest absolute Gasteiger partial charge is 0.237 e. The second kappa shape index (κ2) is 7.92. The third-order valence-corrected chi connectivity index (χ3v) is 4.48. The van der Waals surface area contributed by atoms with Crippen LogP contribution in [0.2, 0.25) is 0 Å². The molecule has 0 radical (unpaired) electrons. The van der Waals surface area contributed by atoms with E-state index in [1.165, 1.54) is 18.7 Å². The summed E-state index contributed by atoms with van der Waals surface area (Å²) in [5, 5.41) is 11.3. The van der Waals surface area contributed by atoms with Crippen molar-refractivity contribution in [1.82, 2.24) is 14.8 Å². The van der Waals surface area contributed by atoms with Crippen LogP contribution in [0.4, 0.5) is 5.69 Å². The number of nitrogens with zero attached hydrogens (tertiary/aromatic N) is 3. The lowest BCUT2D eigenvalue weighted by Gasteiger charge is -2.12. The molecule has 1 heterocycles. The molecule has 0 aliphatic rings. The van der Waals surface area contributed by atoms with Crippen molar-refractivity contribution in [3.8, 4) is 0 Å². The molecular formula is C17H20N4O2S. The number of carbonyl (C=O) groups is 2. The van der Waals surface area contributed by atoms with Crippen LogP contribution in [0.3, 0.4) is 0 Å². The van der Waals surface area contributed by atoms with Gasteiger partial charge in [0.2, 0.25) is 5.91 Å². The van der Waals surface area contributed by atoms with Crippen molar-refractivity contribution in [2.24, 2.45) is 0 Å². The molecule has 0 saturated carbocycles. The Labute approximate surface area is 145 Å². The highest BCUT2D eigenvalue weighted by Crippen LogP contribution is 2.23. The number of allylic oxidation sites excluding steroid dienone is 1. The van der Waals surface area contributed by atoms with E-state index in [2.05, 4.69) is 22.1 Å². The van der Waals surface area contributed by atoms with Crippen LogP contribution in [-0.4, -0.2) is 31.7 Å². The van der Waals surface area contributed by atoms with Crippen LogP contribution >= 0.6 is 11.8 Å². The lowest BCUT2D eigenvalue weighted by atomic mass is 10.1. The summed E-state index contributed by atoms with van der Waals surface area (Å²) in [6, 6.07) is 6.89. The van der Waals surface area contributed by atoms with Crippen molar-refractivity contribution in [3.63, 3.8) is 0 Å². The number of hydrogen-bond acceptors (Lipinski definition) is 5. The third-order valence-electron chi connectivity index (χ3n) is 3.40. The maximum atomic E-state index is 12.4. The molecule has 1 N–H and O–H groups in total. The summed E-state index contributed by atoms with van der Waals surface area (Å²) in [7, 11) is 0. The maximum Gasteiger partial charge on any atom is 0.237 e. The molecule has 0 aliphatic heterocycles. The number of aryl methyl sites for hydroxylation is 1. The predicted octanol–water partition coefficient (Wildman–Crippen LogP) is 3.09. The molecule has 1 aromatic carbocycles. The quantitative estimate of drug-likeness (QED) is 0.474. The molecule has 7 heteroatoms. The number of thioether (sulfide) groups is 1. The number of rotatable bonds is 7. The van der Waals surface area contributed by atoms with Gasteiger partial charge in [0.05, 0.1) is 5.25 Å². The molecule has 2 rings (SSSR count). The summed E-state index contributed by atoms with van der Waals surface area (Å²) in [6.07, 6.45) is 1.76. The average molecular weight is 344 g/mol. The van der Waals surface area contributed by atoms with Crippen LogP contribution in [0.5, 0.6) is 0 Å². The van der Waals surface area contributed by atoms with Gasteiger partial charge in [0.25, 0.3) is 0 Å². The van der Waals surface area contributed by atoms with Gasteiger partial charge in [-0.05, 0) is 32.9 Å². The lowest BCUT2D eigenvalue weighted by Crippen LogP contribution is -2.23. The van der Waals surface area contributed by atoms with Gasteiger partial charge < -0.3 is 9.88 Å². The van der Waals surface area contributed by atoms with Gasteiger partial charge in [0.1, 0.15) is 5.82 Å². The molecule has 6 nitrogen and oxygen atoms in total. The van der Waals surface area contributed by atoms with Gasteiger partial charge >= 0.3 is 0 Å². The minimum atomic E-state index is -0.363. The molecule has 0 fully saturated rings. The topological polar surface area (TPSA) is 76.9 Å². The molecule has 1 amide bonds. The van der Waals surface area contributed by atoms with Crippen LogP contribution in [0.15, 0.2) is 42.1 Å². The van der Waals surface area contributed by atoms with Crippen molar-refractivity contribution in [2.45, 2.75) is 37.7 Å². The summed E-state index contributed by atoms with van der Waals surface area (Å²) >= 11 is 1.33. The van der Waals surface area contributed by atoms with Gasteiger partial charge in [-0.2, -0.15) is 0 Å². The second-order valence-corrected chi connectivity index (χ2v) is 6.62. The molecule has 1 aromatic heterocycles. The Hall–Kier alpha value is -2.41. The molecule has 24 heavy (non-hydrogen) atoms. The first-order chi connectivity index (χ1) is 11.4. The summed E-state index contributed by atoms with van der Waals surface area (Å²) in [5.41, 5.74) is 1.17. The minimum Gasteiger partial charge on any atom is -0.325 e. The highest BCUT2D eigenvalue weighted by Gasteiger charge is 2.19. The van der Waals surface area contributed by atoms with E-state index in [-0.39, 0.29) is 16.9 Å². The normalized spacial score (nSPS) is 11.8. The van der Waals surface area contributed by atoms with E-state index >= 15 is 0 Å². The van der Waals surface area contributed by atoms with Crippen LogP contribution in [-0.2, 0) is 11.3 Å². The number of hydrogen-bond donors (Lipinski definition) is 1. The number of aromatic nitrogens is 3. The zero-order valence-electron chi connectivity index (χ0n) is 13.9. The number of amides is 1. The summed E-state index contributed by atoms with van der Waals surface area (Å²) < 4.78 is 1.90. The molecule has 1 unspecified atom stereocenters. The molecule has 0 spiro atoms. The SMILES string of the molecule is C=CCn1c(C)nnc1SC(C)C(=O)Nc1cccc(C(C)=O)c1. The first-order valence-electron chi connectivity index (χ1n) is 7.51. The molecule has 0 saturated heterocycles. The number of anilines is 1. The number of ketones is 1. The Kier molecular flexibility index (Phi) is 5.92. The second-order valence-electron chi connectivity index (χ2n) is 5.32. The van der Waals surface area contributed by atoms with Crippen LogP contribution in [0.25, 0.3) is 0 Å². The Morgan fingerprint density at radius 1 is 1.42 bits per heavy atom. The summed E-state index contributed by atoms with van der Waals surface area (Å²) in [6.45, 7) is 9.47. The van der Waals surface area contributed by atoms with Gasteiger partial charge in [0, 0.05) is 17.8 Å². The van der Waals surface area contributed by atoms with Crippen molar-refractivity contribution in [3.05, 3.63) is 48.3 Å². The Morgan fingerprint density at radius 2 is 2.17 bits per heavy atom. The number of Topliss-reactive ketones (excluding diaryl/α,β-unsaturated/α-hetero) is 1. The minimum absolute atomic E-state index is 0.0403. The fourth-order valence-corrected chi connectivity index (χ4v) is 2.96. The Morgan fingerprint density at radius 3 is 2.83 bits per heavy atom. The molecule has 126 valence electrons. The van der Waals surface area contributed by atoms with E-state index in [0.717, 1.165) is 5.82 Å². The number of nitrogens with one attached hydrogen (secondary N) is 1. The molecule has 0 aliphatic carbocycles. The highest BCUT2D eigenvalue weighted by atomic mass is 32.2. The zero-order chi connectivity index (χ0) is 17.7. The van der Waals surface area contributed by atoms with Gasteiger partial charge in [-0.15, -0.1) is 16.8 Å². The van der Waals surface area contributed by atoms with E-state index in [1.54, 1.807) is 37.3 Å². The zero-order valence-corrected chi connectivity index (χ0v) is 14.8. The van der Waals surface area contributed by atoms with E-state index in [0.29, 0.717) is 23.0 Å². The van der Waals surface area contributed by atoms with Crippen LogP contribution in [0.1, 0.15) is 30.0 Å². The van der Waals surface area contributed by atoms with E-state index in [1.807, 2.05) is 11.5 Å². The Bertz CT molecular complexity index is 770. The fourth-order valence-electron chi connectivity index (χ4n) is 2.06. The van der Waals surface area contributed by atoms with Crippen molar-refractivity contribution in [1.29, 1.82) is 0 Å². The van der Waals surface area contributed by atoms with E-state index in [4.69, 9.17) is 0 Å². The predicted molar refractivity (Wildman–Crippen MR) is 95.4 cm³/mol. The molecule has 0 bridgehead atoms. The summed E-state index contributed by atoms with van der Waals surface area (Å²) in [4.78, 5) is 23.8. The molecule has 1 atom stereocenters. The molecule has 2 aromatic rings. The Balaban J connectivity index is 2.06. The van der Waals surface area contributed by atoms with Crippen molar-refractivity contribution >= 4 is 29.1 Å². The average Bonchev–Trinajstić information content (AvgIpc) is 2.88. The van der Waals surface area contributed by atoms with Gasteiger partial charge in [0.15, 0.2) is 10.9 Å².